The fraction of sp³-hybridized carbons (Fsp3) is 0.949. The summed E-state index contributed by atoms with van der Waals surface area (Å²) in [7, 11) is -9.91. The van der Waals surface area contributed by atoms with Crippen molar-refractivity contribution in [2.24, 2.45) is 0 Å². The molecular weight excluding hydrogens is 1280 g/mol. The zero-order valence-corrected chi connectivity index (χ0v) is 65.6. The highest BCUT2D eigenvalue weighted by atomic mass is 31.2. The Balaban J connectivity index is 5.17. The van der Waals surface area contributed by atoms with Crippen molar-refractivity contribution in [3.05, 3.63) is 0 Å². The smallest absolute Gasteiger partial charge is 0.462 e. The molecule has 0 saturated heterocycles. The normalized spacial score (nSPS) is 13.8. The molecule has 0 aromatic rings. The molecule has 0 aliphatic heterocycles. The van der Waals surface area contributed by atoms with E-state index >= 15 is 0 Å². The van der Waals surface area contributed by atoms with E-state index in [1.54, 1.807) is 0 Å². The van der Waals surface area contributed by atoms with Crippen LogP contribution in [-0.4, -0.2) is 96.7 Å². The minimum atomic E-state index is -4.96. The summed E-state index contributed by atoms with van der Waals surface area (Å²) in [6.07, 6.45) is 65.4. The average Bonchev–Trinajstić information content (AvgIpc) is 1.15. The van der Waals surface area contributed by atoms with E-state index in [4.69, 9.17) is 37.0 Å². The van der Waals surface area contributed by atoms with Crippen molar-refractivity contribution in [2.75, 3.05) is 39.6 Å². The van der Waals surface area contributed by atoms with Crippen molar-refractivity contribution < 1.29 is 80.2 Å². The predicted octanol–water partition coefficient (Wildman–Crippen LogP) is 23.8. The Morgan fingerprint density at radius 1 is 0.245 bits per heavy atom. The largest absolute Gasteiger partial charge is 0.472 e. The number of carbonyl (C=O) groups is 4. The van der Waals surface area contributed by atoms with Gasteiger partial charge in [0, 0.05) is 25.7 Å². The number of esters is 4. The third-order valence-corrected chi connectivity index (χ3v) is 20.5. The van der Waals surface area contributed by atoms with Crippen LogP contribution in [0.25, 0.3) is 0 Å². The zero-order valence-electron chi connectivity index (χ0n) is 63.8. The summed E-state index contributed by atoms with van der Waals surface area (Å²) in [6.45, 7) is 4.98. The molecule has 582 valence electrons. The first kappa shape index (κ1) is 96.1. The summed E-state index contributed by atoms with van der Waals surface area (Å²) in [5.74, 6) is -2.11. The highest BCUT2D eigenvalue weighted by Gasteiger charge is 2.30. The van der Waals surface area contributed by atoms with Gasteiger partial charge in [-0.05, 0) is 25.7 Å². The molecule has 0 amide bonds. The number of aliphatic hydroxyl groups excluding tert-OH is 1. The predicted molar refractivity (Wildman–Crippen MR) is 400 cm³/mol. The average molecular weight is 1440 g/mol. The first-order valence-corrected chi connectivity index (χ1v) is 44.3. The van der Waals surface area contributed by atoms with Gasteiger partial charge in [0.2, 0.25) is 0 Å². The first-order valence-electron chi connectivity index (χ1n) is 41.3. The summed E-state index contributed by atoms with van der Waals surface area (Å²) >= 11 is 0. The van der Waals surface area contributed by atoms with Crippen LogP contribution < -0.4 is 0 Å². The molecule has 2 unspecified atom stereocenters. The minimum Gasteiger partial charge on any atom is -0.462 e. The second-order valence-corrected chi connectivity index (χ2v) is 31.4. The van der Waals surface area contributed by atoms with Crippen LogP contribution in [0, 0.1) is 0 Å². The maximum Gasteiger partial charge on any atom is 0.472 e. The lowest BCUT2D eigenvalue weighted by atomic mass is 10.0. The number of hydrogen-bond donors (Lipinski definition) is 3. The molecule has 3 N–H and O–H groups in total. The van der Waals surface area contributed by atoms with Gasteiger partial charge in [0.1, 0.15) is 19.3 Å². The molecule has 0 fully saturated rings. The first-order chi connectivity index (χ1) is 47.7. The summed E-state index contributed by atoms with van der Waals surface area (Å²) in [5.41, 5.74) is 0. The Kier molecular flexibility index (Phi) is 71.9. The van der Waals surface area contributed by atoms with Crippen LogP contribution in [0.4, 0.5) is 0 Å². The number of rotatable bonds is 80. The van der Waals surface area contributed by atoms with Crippen molar-refractivity contribution >= 4 is 39.5 Å². The van der Waals surface area contributed by atoms with Crippen LogP contribution in [0.5, 0.6) is 0 Å². The molecule has 98 heavy (non-hydrogen) atoms. The summed E-state index contributed by atoms with van der Waals surface area (Å²) in [4.78, 5) is 72.8. The summed E-state index contributed by atoms with van der Waals surface area (Å²) < 4.78 is 68.5. The summed E-state index contributed by atoms with van der Waals surface area (Å²) in [5, 5.41) is 10.6. The van der Waals surface area contributed by atoms with Gasteiger partial charge in [-0.25, -0.2) is 9.13 Å². The quantitative estimate of drug-likeness (QED) is 0.0222. The molecule has 0 rings (SSSR count). The van der Waals surface area contributed by atoms with Crippen LogP contribution in [-0.2, 0) is 65.4 Å². The standard InChI is InChI=1S/C79H154O17P2/c1-5-9-13-17-21-25-28-30-32-34-36-37-38-40-42-44-46-50-54-58-62-66-79(84)96-75(70-90-77(82)64-60-56-52-49-45-43-41-39-35-33-31-29-26-22-18-14-10-6-2)72-94-98(87,88)92-68-73(80)67-91-97(85,86)93-71-74(69-89-76(81)63-59-55-51-47-24-20-16-12-8-4)95-78(83)65-61-57-53-48-27-23-19-15-11-7-3/h73-75,80H,5-72H2,1-4H3,(H,85,86)(H,87,88)/t73-,74+,75+/m0/s1. The van der Waals surface area contributed by atoms with Crippen molar-refractivity contribution in [1.82, 2.24) is 0 Å². The van der Waals surface area contributed by atoms with Crippen LogP contribution >= 0.6 is 15.6 Å². The zero-order chi connectivity index (χ0) is 71.8. The molecule has 0 aliphatic rings. The van der Waals surface area contributed by atoms with E-state index in [0.29, 0.717) is 25.7 Å². The number of aliphatic hydroxyl groups is 1. The molecule has 0 spiro atoms. The monoisotopic (exact) mass is 1440 g/mol. The van der Waals surface area contributed by atoms with Crippen molar-refractivity contribution in [3.63, 3.8) is 0 Å². The van der Waals surface area contributed by atoms with Crippen LogP contribution in [0.15, 0.2) is 0 Å². The fourth-order valence-corrected chi connectivity index (χ4v) is 13.9. The maximum absolute atomic E-state index is 13.1. The Hall–Kier alpha value is -1.94. The van der Waals surface area contributed by atoms with Crippen molar-refractivity contribution in [1.29, 1.82) is 0 Å². The number of hydrogen-bond acceptors (Lipinski definition) is 15. The molecule has 17 nitrogen and oxygen atoms in total. The van der Waals surface area contributed by atoms with Crippen LogP contribution in [0.2, 0.25) is 0 Å². The lowest BCUT2D eigenvalue weighted by molar-refractivity contribution is -0.161. The van der Waals surface area contributed by atoms with Gasteiger partial charge in [0.25, 0.3) is 0 Å². The van der Waals surface area contributed by atoms with Gasteiger partial charge in [-0.3, -0.25) is 37.3 Å². The molecule has 0 heterocycles. The second kappa shape index (κ2) is 73.4. The molecular formula is C79H154O17P2. The fourth-order valence-electron chi connectivity index (χ4n) is 12.3. The second-order valence-electron chi connectivity index (χ2n) is 28.5. The number of carbonyl (C=O) groups excluding carboxylic acids is 4. The molecule has 0 saturated carbocycles. The maximum atomic E-state index is 13.1. The number of phosphoric acid groups is 2. The Morgan fingerprint density at radius 3 is 0.602 bits per heavy atom. The molecule has 0 aromatic carbocycles. The Bertz CT molecular complexity index is 1860. The third kappa shape index (κ3) is 72.4. The lowest BCUT2D eigenvalue weighted by Crippen LogP contribution is -2.30. The topological polar surface area (TPSA) is 237 Å². The number of phosphoric ester groups is 2. The lowest BCUT2D eigenvalue weighted by Gasteiger charge is -2.21. The van der Waals surface area contributed by atoms with E-state index in [1.807, 2.05) is 0 Å². The minimum absolute atomic E-state index is 0.107. The van der Waals surface area contributed by atoms with Gasteiger partial charge in [-0.1, -0.05) is 374 Å². The molecule has 5 atom stereocenters. The third-order valence-electron chi connectivity index (χ3n) is 18.6. The van der Waals surface area contributed by atoms with Gasteiger partial charge in [0.15, 0.2) is 12.2 Å². The van der Waals surface area contributed by atoms with E-state index in [2.05, 4.69) is 27.7 Å². The number of unbranched alkanes of at least 4 members (excludes halogenated alkanes) is 54. The van der Waals surface area contributed by atoms with E-state index in [1.165, 1.54) is 257 Å². The van der Waals surface area contributed by atoms with Crippen LogP contribution in [0.3, 0.4) is 0 Å². The molecule has 0 radical (unpaired) electrons. The van der Waals surface area contributed by atoms with Crippen molar-refractivity contribution in [2.45, 2.75) is 444 Å². The Labute approximate surface area is 600 Å². The van der Waals surface area contributed by atoms with Gasteiger partial charge >= 0.3 is 39.5 Å². The SMILES string of the molecule is CCCCCCCCCCCCCCCCCCCCCCCC(=O)O[C@H](COC(=O)CCCCCCCCCCCCCCCCCCCC)COP(=O)(O)OC[C@@H](O)COP(=O)(O)OC[C@@H](COC(=O)CCCCCCCCCCC)OC(=O)CCCCCCCCCCCC. The van der Waals surface area contributed by atoms with Crippen LogP contribution in [0.1, 0.15) is 426 Å². The van der Waals surface area contributed by atoms with Crippen molar-refractivity contribution in [3.8, 4) is 0 Å². The van der Waals surface area contributed by atoms with E-state index in [-0.39, 0.29) is 25.7 Å². The molecule has 0 aromatic heterocycles. The molecule has 0 aliphatic carbocycles. The van der Waals surface area contributed by atoms with Gasteiger partial charge in [-0.2, -0.15) is 0 Å². The Morgan fingerprint density at radius 2 is 0.408 bits per heavy atom. The summed E-state index contributed by atoms with van der Waals surface area (Å²) in [6, 6.07) is 0. The van der Waals surface area contributed by atoms with Gasteiger partial charge in [-0.15, -0.1) is 0 Å². The highest BCUT2D eigenvalue weighted by Crippen LogP contribution is 2.45. The molecule has 19 heteroatoms. The van der Waals surface area contributed by atoms with E-state index in [0.717, 1.165) is 89.9 Å². The van der Waals surface area contributed by atoms with E-state index in [9.17, 15) is 43.2 Å². The van der Waals surface area contributed by atoms with Gasteiger partial charge in [0.05, 0.1) is 26.4 Å². The molecule has 0 bridgehead atoms. The van der Waals surface area contributed by atoms with Gasteiger partial charge < -0.3 is 33.8 Å². The number of ether oxygens (including phenoxy) is 4. The van der Waals surface area contributed by atoms with E-state index < -0.39 is 97.5 Å². The highest BCUT2D eigenvalue weighted by molar-refractivity contribution is 7.47.